The molecule has 1 fully saturated rings. The van der Waals surface area contributed by atoms with Crippen molar-refractivity contribution in [2.75, 3.05) is 45.8 Å². The molecule has 2 heterocycles. The van der Waals surface area contributed by atoms with Crippen LogP contribution in [0.25, 0.3) is 0 Å². The predicted octanol–water partition coefficient (Wildman–Crippen LogP) is 0.0591. The first-order valence-corrected chi connectivity index (χ1v) is 9.77. The number of ether oxygens (including phenoxy) is 1. The van der Waals surface area contributed by atoms with Gasteiger partial charge in [-0.05, 0) is 32.6 Å². The van der Waals surface area contributed by atoms with Gasteiger partial charge in [0, 0.05) is 19.1 Å². The molecule has 8 nitrogen and oxygen atoms in total. The number of aromatic nitrogens is 1. The molecule has 138 valence electrons. The molecule has 0 radical (unpaired) electrons. The molecular weight excluding hydrogens is 346 g/mol. The highest BCUT2D eigenvalue weighted by atomic mass is 32.2. The second kappa shape index (κ2) is 7.92. The molecule has 1 aliphatic rings. The molecule has 1 aliphatic heterocycles. The van der Waals surface area contributed by atoms with E-state index in [-0.39, 0.29) is 34.8 Å². The summed E-state index contributed by atoms with van der Waals surface area (Å²) >= 11 is 0. The highest BCUT2D eigenvalue weighted by Crippen LogP contribution is 2.19. The van der Waals surface area contributed by atoms with Crippen LogP contribution in [-0.4, -0.2) is 86.9 Å². The number of esters is 1. The SMILES string of the molecule is COC(=O)c1cccc(C(=O)N(CCN(C)C)C2CCS(=O)(=O)C2)n1. The molecular formula is C16H23N3O5S. The van der Waals surface area contributed by atoms with Gasteiger partial charge in [0.25, 0.3) is 5.91 Å². The Bertz CT molecular complexity index is 748. The molecule has 0 aliphatic carbocycles. The first-order valence-electron chi connectivity index (χ1n) is 7.95. The smallest absolute Gasteiger partial charge is 0.356 e. The number of amides is 1. The Morgan fingerprint density at radius 2 is 1.92 bits per heavy atom. The molecule has 0 bridgehead atoms. The Morgan fingerprint density at radius 1 is 1.24 bits per heavy atom. The van der Waals surface area contributed by atoms with E-state index in [0.29, 0.717) is 19.5 Å². The van der Waals surface area contributed by atoms with Crippen molar-refractivity contribution in [1.82, 2.24) is 14.8 Å². The third kappa shape index (κ3) is 4.99. The number of carbonyl (C=O) groups excluding carboxylic acids is 2. The van der Waals surface area contributed by atoms with Gasteiger partial charge in [-0.2, -0.15) is 0 Å². The normalized spacial score (nSPS) is 19.0. The molecule has 9 heteroatoms. The second-order valence-electron chi connectivity index (χ2n) is 6.26. The number of likely N-dealkylation sites (N-methyl/N-ethyl adjacent to an activating group) is 1. The van der Waals surface area contributed by atoms with Gasteiger partial charge in [-0.25, -0.2) is 18.2 Å². The summed E-state index contributed by atoms with van der Waals surface area (Å²) in [5.74, 6) is -0.963. The highest BCUT2D eigenvalue weighted by molar-refractivity contribution is 7.91. The van der Waals surface area contributed by atoms with Crippen molar-refractivity contribution in [3.63, 3.8) is 0 Å². The lowest BCUT2D eigenvalue weighted by Crippen LogP contribution is -2.44. The zero-order chi connectivity index (χ0) is 18.6. The van der Waals surface area contributed by atoms with Crippen LogP contribution in [0.15, 0.2) is 18.2 Å². The zero-order valence-corrected chi connectivity index (χ0v) is 15.5. The maximum atomic E-state index is 12.9. The molecule has 1 amide bonds. The standard InChI is InChI=1S/C16H23N3O5S/c1-18(2)8-9-19(12-7-10-25(22,23)11-12)15(20)13-5-4-6-14(17-13)16(21)24-3/h4-6,12H,7-11H2,1-3H3. The molecule has 25 heavy (non-hydrogen) atoms. The molecule has 1 saturated heterocycles. The first kappa shape index (κ1) is 19.3. The maximum Gasteiger partial charge on any atom is 0.356 e. The lowest BCUT2D eigenvalue weighted by molar-refractivity contribution is 0.0593. The molecule has 1 atom stereocenters. The summed E-state index contributed by atoms with van der Waals surface area (Å²) < 4.78 is 28.2. The third-order valence-corrected chi connectivity index (χ3v) is 5.81. The molecule has 1 unspecified atom stereocenters. The molecule has 1 aromatic rings. The summed E-state index contributed by atoms with van der Waals surface area (Å²) in [5, 5.41) is 0. The van der Waals surface area contributed by atoms with Crippen LogP contribution in [-0.2, 0) is 14.6 Å². The van der Waals surface area contributed by atoms with Crippen LogP contribution in [0.4, 0.5) is 0 Å². The minimum Gasteiger partial charge on any atom is -0.464 e. The maximum absolute atomic E-state index is 12.9. The van der Waals surface area contributed by atoms with Gasteiger partial charge in [0.05, 0.1) is 18.6 Å². The van der Waals surface area contributed by atoms with Crippen molar-refractivity contribution in [2.24, 2.45) is 0 Å². The monoisotopic (exact) mass is 369 g/mol. The van der Waals surface area contributed by atoms with Crippen LogP contribution in [0, 0.1) is 0 Å². The average molecular weight is 369 g/mol. The zero-order valence-electron chi connectivity index (χ0n) is 14.6. The van der Waals surface area contributed by atoms with Gasteiger partial charge in [-0.1, -0.05) is 6.07 Å². The number of rotatable bonds is 6. The van der Waals surface area contributed by atoms with E-state index >= 15 is 0 Å². The fourth-order valence-corrected chi connectivity index (χ4v) is 4.43. The van der Waals surface area contributed by atoms with Crippen molar-refractivity contribution in [1.29, 1.82) is 0 Å². The summed E-state index contributed by atoms with van der Waals surface area (Å²) in [4.78, 5) is 32.1. The first-order chi connectivity index (χ1) is 11.7. The van der Waals surface area contributed by atoms with Gasteiger partial charge in [0.15, 0.2) is 9.84 Å². The topological polar surface area (TPSA) is 96.9 Å². The number of hydrogen-bond donors (Lipinski definition) is 0. The van der Waals surface area contributed by atoms with Gasteiger partial charge < -0.3 is 14.5 Å². The van der Waals surface area contributed by atoms with E-state index in [4.69, 9.17) is 0 Å². The molecule has 1 aromatic heterocycles. The number of pyridine rings is 1. The minimum atomic E-state index is -3.12. The Labute approximate surface area is 147 Å². The van der Waals surface area contributed by atoms with Crippen LogP contribution < -0.4 is 0 Å². The summed E-state index contributed by atoms with van der Waals surface area (Å²) in [6, 6.07) is 4.16. The lowest BCUT2D eigenvalue weighted by atomic mass is 10.2. The predicted molar refractivity (Wildman–Crippen MR) is 92.2 cm³/mol. The molecule has 2 rings (SSSR count). The molecule has 0 saturated carbocycles. The second-order valence-corrected chi connectivity index (χ2v) is 8.49. The van der Waals surface area contributed by atoms with Crippen molar-refractivity contribution in [3.8, 4) is 0 Å². The minimum absolute atomic E-state index is 0.0388. The number of methoxy groups -OCH3 is 1. The number of sulfone groups is 1. The summed E-state index contributed by atoms with van der Waals surface area (Å²) in [6.07, 6.45) is 0.415. The van der Waals surface area contributed by atoms with E-state index in [1.807, 2.05) is 19.0 Å². The third-order valence-electron chi connectivity index (χ3n) is 4.06. The van der Waals surface area contributed by atoms with E-state index in [9.17, 15) is 18.0 Å². The van der Waals surface area contributed by atoms with Crippen LogP contribution in [0.1, 0.15) is 27.4 Å². The average Bonchev–Trinajstić information content (AvgIpc) is 2.93. The number of nitrogens with zero attached hydrogens (tertiary/aromatic N) is 3. The lowest BCUT2D eigenvalue weighted by Gasteiger charge is -2.29. The Kier molecular flexibility index (Phi) is 6.12. The summed E-state index contributed by atoms with van der Waals surface area (Å²) in [5.41, 5.74) is 0.144. The highest BCUT2D eigenvalue weighted by Gasteiger charge is 2.35. The summed E-state index contributed by atoms with van der Waals surface area (Å²) in [6.45, 7) is 0.981. The van der Waals surface area contributed by atoms with Crippen LogP contribution in [0.5, 0.6) is 0 Å². The Balaban J connectivity index is 2.27. The van der Waals surface area contributed by atoms with E-state index < -0.39 is 15.8 Å². The van der Waals surface area contributed by atoms with E-state index in [1.54, 1.807) is 11.0 Å². The van der Waals surface area contributed by atoms with Crippen LogP contribution in [0.3, 0.4) is 0 Å². The van der Waals surface area contributed by atoms with E-state index in [2.05, 4.69) is 9.72 Å². The fourth-order valence-electron chi connectivity index (χ4n) is 2.70. The van der Waals surface area contributed by atoms with Crippen LogP contribution in [0.2, 0.25) is 0 Å². The molecule has 0 spiro atoms. The fraction of sp³-hybridized carbons (Fsp3) is 0.562. The van der Waals surface area contributed by atoms with Gasteiger partial charge in [0.1, 0.15) is 11.4 Å². The quantitative estimate of drug-likeness (QED) is 0.654. The Hall–Kier alpha value is -2.00. The number of hydrogen-bond acceptors (Lipinski definition) is 7. The van der Waals surface area contributed by atoms with Crippen molar-refractivity contribution >= 4 is 21.7 Å². The van der Waals surface area contributed by atoms with E-state index in [0.717, 1.165) is 0 Å². The van der Waals surface area contributed by atoms with Crippen molar-refractivity contribution < 1.29 is 22.7 Å². The van der Waals surface area contributed by atoms with Crippen molar-refractivity contribution in [2.45, 2.75) is 12.5 Å². The molecule has 0 aromatic carbocycles. The van der Waals surface area contributed by atoms with Gasteiger partial charge in [0.2, 0.25) is 0 Å². The van der Waals surface area contributed by atoms with Gasteiger partial charge in [-0.3, -0.25) is 4.79 Å². The van der Waals surface area contributed by atoms with Crippen LogP contribution >= 0.6 is 0 Å². The van der Waals surface area contributed by atoms with Gasteiger partial charge in [-0.15, -0.1) is 0 Å². The Morgan fingerprint density at radius 3 is 2.48 bits per heavy atom. The molecule has 0 N–H and O–H groups in total. The summed E-state index contributed by atoms with van der Waals surface area (Å²) in [7, 11) is 1.88. The van der Waals surface area contributed by atoms with Gasteiger partial charge >= 0.3 is 5.97 Å². The number of carbonyl (C=O) groups is 2. The van der Waals surface area contributed by atoms with E-state index in [1.165, 1.54) is 19.2 Å². The largest absolute Gasteiger partial charge is 0.464 e. The van der Waals surface area contributed by atoms with Crippen molar-refractivity contribution in [3.05, 3.63) is 29.6 Å².